The zero-order chi connectivity index (χ0) is 17.0. The molecule has 5 heteroatoms. The van der Waals surface area contributed by atoms with Crippen molar-refractivity contribution in [2.75, 3.05) is 20.1 Å². The highest BCUT2D eigenvalue weighted by Crippen LogP contribution is 2.24. The van der Waals surface area contributed by atoms with E-state index in [4.69, 9.17) is 9.15 Å². The normalized spacial score (nSPS) is 20.6. The van der Waals surface area contributed by atoms with Gasteiger partial charge in [-0.05, 0) is 66.1 Å². The lowest BCUT2D eigenvalue weighted by Crippen LogP contribution is -2.50. The van der Waals surface area contributed by atoms with Crippen LogP contribution in [0, 0.1) is 0 Å². The fourth-order valence-corrected chi connectivity index (χ4v) is 2.99. The van der Waals surface area contributed by atoms with Gasteiger partial charge in [-0.3, -0.25) is 4.90 Å². The van der Waals surface area contributed by atoms with Gasteiger partial charge in [0.25, 0.3) is 0 Å². The van der Waals surface area contributed by atoms with Crippen LogP contribution in [-0.2, 0) is 4.74 Å². The number of likely N-dealkylation sites (tertiary alicyclic amines) is 1. The van der Waals surface area contributed by atoms with E-state index in [0.717, 1.165) is 38.1 Å². The molecule has 2 heterocycles. The summed E-state index contributed by atoms with van der Waals surface area (Å²) in [6.45, 7) is 9.46. The fraction of sp³-hybridized carbons (Fsp3) is 0.722. The van der Waals surface area contributed by atoms with Crippen molar-refractivity contribution in [2.24, 2.45) is 0 Å². The molecule has 0 radical (unpaired) electrons. The summed E-state index contributed by atoms with van der Waals surface area (Å²) in [6.07, 6.45) is 4.74. The third-order valence-electron chi connectivity index (χ3n) is 4.37. The van der Waals surface area contributed by atoms with E-state index in [1.165, 1.54) is 0 Å². The van der Waals surface area contributed by atoms with Crippen LogP contribution in [0.3, 0.4) is 0 Å². The number of piperidine rings is 1. The van der Waals surface area contributed by atoms with Crippen molar-refractivity contribution in [3.05, 3.63) is 24.2 Å². The monoisotopic (exact) mass is 322 g/mol. The molecule has 1 aliphatic heterocycles. The lowest BCUT2D eigenvalue weighted by molar-refractivity contribution is 0.00430. The van der Waals surface area contributed by atoms with Crippen LogP contribution in [-0.4, -0.2) is 47.7 Å². The molecule has 23 heavy (non-hydrogen) atoms. The first-order valence-electron chi connectivity index (χ1n) is 8.51. The lowest BCUT2D eigenvalue weighted by atomic mass is 10.0. The number of hydrogen-bond donors (Lipinski definition) is 0. The van der Waals surface area contributed by atoms with Gasteiger partial charge in [0.2, 0.25) is 0 Å². The second kappa shape index (κ2) is 7.39. The van der Waals surface area contributed by atoms with Gasteiger partial charge in [0.1, 0.15) is 11.4 Å². The van der Waals surface area contributed by atoms with Crippen molar-refractivity contribution < 1.29 is 13.9 Å². The predicted octanol–water partition coefficient (Wildman–Crippen LogP) is 4.06. The molecule has 1 amide bonds. The van der Waals surface area contributed by atoms with Gasteiger partial charge >= 0.3 is 6.09 Å². The van der Waals surface area contributed by atoms with E-state index in [0.29, 0.717) is 0 Å². The SMILES string of the molecule is C[C@H](c1ccco1)N(C)C[C@H]1CCCCN1C(=O)OC(C)(C)C. The molecular formula is C18H30N2O3. The third kappa shape index (κ3) is 4.99. The molecule has 0 unspecified atom stereocenters. The van der Waals surface area contributed by atoms with E-state index in [1.54, 1.807) is 6.26 Å². The Hall–Kier alpha value is -1.49. The average Bonchev–Trinajstić information content (AvgIpc) is 2.99. The largest absolute Gasteiger partial charge is 0.468 e. The summed E-state index contributed by atoms with van der Waals surface area (Å²) in [5.41, 5.74) is -0.452. The number of carbonyl (C=O) groups excluding carboxylic acids is 1. The van der Waals surface area contributed by atoms with E-state index in [9.17, 15) is 4.79 Å². The second-order valence-corrected chi connectivity index (χ2v) is 7.45. The zero-order valence-corrected chi connectivity index (χ0v) is 15.0. The summed E-state index contributed by atoms with van der Waals surface area (Å²) < 4.78 is 11.1. The smallest absolute Gasteiger partial charge is 0.410 e. The molecule has 0 saturated carbocycles. The first kappa shape index (κ1) is 17.9. The van der Waals surface area contributed by atoms with Crippen molar-refractivity contribution in [1.29, 1.82) is 0 Å². The van der Waals surface area contributed by atoms with Gasteiger partial charge in [-0.15, -0.1) is 0 Å². The summed E-state index contributed by atoms with van der Waals surface area (Å²) in [5, 5.41) is 0. The van der Waals surface area contributed by atoms with Crippen LogP contribution < -0.4 is 0 Å². The predicted molar refractivity (Wildman–Crippen MR) is 90.3 cm³/mol. The maximum atomic E-state index is 12.5. The summed E-state index contributed by atoms with van der Waals surface area (Å²) in [5.74, 6) is 0.951. The van der Waals surface area contributed by atoms with E-state index >= 15 is 0 Å². The quantitative estimate of drug-likeness (QED) is 0.838. The maximum Gasteiger partial charge on any atom is 0.410 e. The number of likely N-dealkylation sites (N-methyl/N-ethyl adjacent to an activating group) is 1. The van der Waals surface area contributed by atoms with Crippen molar-refractivity contribution >= 4 is 6.09 Å². The lowest BCUT2D eigenvalue weighted by Gasteiger charge is -2.39. The first-order chi connectivity index (χ1) is 10.8. The standard InChI is InChI=1S/C18H30N2O3/c1-14(16-10-8-12-22-16)19(5)13-15-9-6-7-11-20(15)17(21)23-18(2,3)4/h8,10,12,14-15H,6-7,9,11,13H2,1-5H3/t14-,15-/m1/s1. The Morgan fingerprint density at radius 1 is 1.48 bits per heavy atom. The van der Waals surface area contributed by atoms with Crippen LogP contribution in [0.15, 0.2) is 22.8 Å². The molecule has 0 bridgehead atoms. The van der Waals surface area contributed by atoms with Crippen molar-refractivity contribution in [3.63, 3.8) is 0 Å². The molecule has 1 fully saturated rings. The molecule has 1 aliphatic rings. The Bertz CT molecular complexity index is 493. The number of carbonyl (C=O) groups is 1. The van der Waals surface area contributed by atoms with E-state index in [1.807, 2.05) is 37.8 Å². The first-order valence-corrected chi connectivity index (χ1v) is 8.51. The Kier molecular flexibility index (Phi) is 5.74. The Balaban J connectivity index is 1.99. The van der Waals surface area contributed by atoms with Crippen LogP contribution in [0.5, 0.6) is 0 Å². The molecule has 5 nitrogen and oxygen atoms in total. The number of ether oxygens (including phenoxy) is 1. The number of nitrogens with zero attached hydrogens (tertiary/aromatic N) is 2. The Morgan fingerprint density at radius 2 is 2.22 bits per heavy atom. The molecule has 0 N–H and O–H groups in total. The number of rotatable bonds is 4. The molecule has 1 aromatic heterocycles. The van der Waals surface area contributed by atoms with Crippen molar-refractivity contribution in [3.8, 4) is 0 Å². The summed E-state index contributed by atoms with van der Waals surface area (Å²) in [4.78, 5) is 16.6. The van der Waals surface area contributed by atoms with Crippen LogP contribution in [0.25, 0.3) is 0 Å². The van der Waals surface area contributed by atoms with E-state index in [-0.39, 0.29) is 18.2 Å². The van der Waals surface area contributed by atoms with Gasteiger partial charge in [0, 0.05) is 19.1 Å². The van der Waals surface area contributed by atoms with Crippen molar-refractivity contribution in [2.45, 2.75) is 64.6 Å². The summed E-state index contributed by atoms with van der Waals surface area (Å²) in [7, 11) is 2.08. The van der Waals surface area contributed by atoms with Crippen LogP contribution in [0.2, 0.25) is 0 Å². The topological polar surface area (TPSA) is 45.9 Å². The second-order valence-electron chi connectivity index (χ2n) is 7.45. The van der Waals surface area contributed by atoms with E-state index < -0.39 is 5.60 Å². The fourth-order valence-electron chi connectivity index (χ4n) is 2.99. The molecular weight excluding hydrogens is 292 g/mol. The van der Waals surface area contributed by atoms with Crippen molar-refractivity contribution in [1.82, 2.24) is 9.80 Å². The number of furan rings is 1. The van der Waals surface area contributed by atoms with Gasteiger partial charge in [-0.1, -0.05) is 0 Å². The molecule has 1 saturated heterocycles. The minimum atomic E-state index is -0.452. The molecule has 1 aromatic rings. The molecule has 0 aliphatic carbocycles. The van der Waals surface area contributed by atoms with Gasteiger partial charge in [-0.2, -0.15) is 0 Å². The van der Waals surface area contributed by atoms with Gasteiger partial charge in [0.05, 0.1) is 12.3 Å². The number of amides is 1. The summed E-state index contributed by atoms with van der Waals surface area (Å²) in [6, 6.07) is 4.29. The van der Waals surface area contributed by atoms with Crippen LogP contribution in [0.4, 0.5) is 4.79 Å². The van der Waals surface area contributed by atoms with Gasteiger partial charge in [-0.25, -0.2) is 4.79 Å². The van der Waals surface area contributed by atoms with Gasteiger partial charge in [0.15, 0.2) is 0 Å². The molecule has 2 atom stereocenters. The Labute approximate surface area is 139 Å². The van der Waals surface area contributed by atoms with E-state index in [2.05, 4.69) is 18.9 Å². The highest BCUT2D eigenvalue weighted by molar-refractivity contribution is 5.68. The minimum Gasteiger partial charge on any atom is -0.468 e. The highest BCUT2D eigenvalue weighted by atomic mass is 16.6. The van der Waals surface area contributed by atoms with Gasteiger partial charge < -0.3 is 14.1 Å². The molecule has 2 rings (SSSR count). The third-order valence-corrected chi connectivity index (χ3v) is 4.37. The molecule has 130 valence electrons. The number of hydrogen-bond acceptors (Lipinski definition) is 4. The average molecular weight is 322 g/mol. The van der Waals surface area contributed by atoms with Crippen LogP contribution >= 0.6 is 0 Å². The highest BCUT2D eigenvalue weighted by Gasteiger charge is 2.32. The zero-order valence-electron chi connectivity index (χ0n) is 15.0. The summed E-state index contributed by atoms with van der Waals surface area (Å²) >= 11 is 0. The Morgan fingerprint density at radius 3 is 2.83 bits per heavy atom. The minimum absolute atomic E-state index is 0.187. The molecule has 0 spiro atoms. The maximum absolute atomic E-state index is 12.5. The van der Waals surface area contributed by atoms with Crippen LogP contribution in [0.1, 0.15) is 58.8 Å². The molecule has 0 aromatic carbocycles.